The van der Waals surface area contributed by atoms with Gasteiger partial charge in [-0.3, -0.25) is 9.36 Å². The number of methoxy groups -OCH3 is 2. The first-order chi connectivity index (χ1) is 15.2. The zero-order valence-corrected chi connectivity index (χ0v) is 19.0. The Morgan fingerprint density at radius 3 is 2.41 bits per heavy atom. The van der Waals surface area contributed by atoms with Gasteiger partial charge in [0.25, 0.3) is 5.91 Å². The molecule has 32 heavy (non-hydrogen) atoms. The van der Waals surface area contributed by atoms with Gasteiger partial charge in [-0.15, -0.1) is 11.3 Å². The van der Waals surface area contributed by atoms with Crippen LogP contribution in [-0.4, -0.2) is 38.1 Å². The Labute approximate surface area is 188 Å². The van der Waals surface area contributed by atoms with Crippen molar-refractivity contribution in [2.24, 2.45) is 5.73 Å². The second-order valence-electron chi connectivity index (χ2n) is 6.76. The highest BCUT2D eigenvalue weighted by molar-refractivity contribution is 7.87. The first-order valence-corrected chi connectivity index (χ1v) is 11.5. The number of nitrogens with two attached hydrogens (primary N) is 1. The van der Waals surface area contributed by atoms with E-state index in [0.29, 0.717) is 33.1 Å². The summed E-state index contributed by atoms with van der Waals surface area (Å²) in [5.41, 5.74) is 7.30. The average Bonchev–Trinajstić information content (AvgIpc) is 3.36. The van der Waals surface area contributed by atoms with Gasteiger partial charge >= 0.3 is 10.1 Å². The number of nitrogens with zero attached hydrogens (tertiary/aromatic N) is 2. The molecular formula is C21H19N3O6S2. The third kappa shape index (κ3) is 3.76. The van der Waals surface area contributed by atoms with Gasteiger partial charge < -0.3 is 19.4 Å². The van der Waals surface area contributed by atoms with Crippen LogP contribution in [0.15, 0.2) is 53.7 Å². The standard InChI is InChI=1S/C21H19N3O6S2/c1-12-6-4-5-7-18(12)32(26,27)30-17-10-19(31-20(17)21(22)25)24-11-23-13-8-15(28-2)16(29-3)9-14(13)24/h4-11H,1-3H3,(H2,22,25). The Hall–Kier alpha value is -3.57. The minimum absolute atomic E-state index is 0.00748. The van der Waals surface area contributed by atoms with E-state index < -0.39 is 16.0 Å². The van der Waals surface area contributed by atoms with Gasteiger partial charge in [0.05, 0.1) is 25.3 Å². The van der Waals surface area contributed by atoms with Crippen molar-refractivity contribution in [1.29, 1.82) is 0 Å². The summed E-state index contributed by atoms with van der Waals surface area (Å²) in [4.78, 5) is 16.4. The minimum Gasteiger partial charge on any atom is -0.493 e. The Balaban J connectivity index is 1.81. The van der Waals surface area contributed by atoms with Gasteiger partial charge in [0.15, 0.2) is 17.2 Å². The molecule has 0 unspecified atom stereocenters. The van der Waals surface area contributed by atoms with Crippen LogP contribution in [0.2, 0.25) is 0 Å². The summed E-state index contributed by atoms with van der Waals surface area (Å²) in [7, 11) is -1.14. The van der Waals surface area contributed by atoms with Crippen molar-refractivity contribution in [2.75, 3.05) is 14.2 Å². The van der Waals surface area contributed by atoms with Crippen LogP contribution in [0.1, 0.15) is 15.2 Å². The second kappa shape index (κ2) is 8.17. The van der Waals surface area contributed by atoms with Gasteiger partial charge in [-0.1, -0.05) is 18.2 Å². The number of rotatable bonds is 7. The molecule has 11 heteroatoms. The average molecular weight is 474 g/mol. The van der Waals surface area contributed by atoms with Gasteiger partial charge in [-0.05, 0) is 18.6 Å². The Kier molecular flexibility index (Phi) is 5.53. The van der Waals surface area contributed by atoms with E-state index in [2.05, 4.69) is 4.98 Å². The van der Waals surface area contributed by atoms with Crippen molar-refractivity contribution in [3.63, 3.8) is 0 Å². The third-order valence-corrected chi connectivity index (χ3v) is 7.29. The number of benzene rings is 2. The minimum atomic E-state index is -4.18. The van der Waals surface area contributed by atoms with Crippen molar-refractivity contribution in [3.8, 4) is 22.2 Å². The molecule has 166 valence electrons. The number of hydrogen-bond acceptors (Lipinski definition) is 8. The zero-order valence-electron chi connectivity index (χ0n) is 17.4. The first kappa shape index (κ1) is 21.7. The molecule has 0 saturated heterocycles. The number of carbonyl (C=O) groups is 1. The maximum atomic E-state index is 12.8. The van der Waals surface area contributed by atoms with Crippen LogP contribution in [0.3, 0.4) is 0 Å². The molecule has 0 bridgehead atoms. The van der Waals surface area contributed by atoms with Crippen LogP contribution < -0.4 is 19.4 Å². The van der Waals surface area contributed by atoms with Gasteiger partial charge in [0.1, 0.15) is 21.1 Å². The predicted octanol–water partition coefficient (Wildman–Crippen LogP) is 3.28. The lowest BCUT2D eigenvalue weighted by Gasteiger charge is -2.09. The van der Waals surface area contributed by atoms with Crippen LogP contribution in [0.4, 0.5) is 0 Å². The SMILES string of the molecule is COc1cc2ncn(-c3cc(OS(=O)(=O)c4ccccc4C)c(C(N)=O)s3)c2cc1OC. The molecule has 2 aromatic carbocycles. The van der Waals surface area contributed by atoms with Crippen LogP contribution in [-0.2, 0) is 10.1 Å². The van der Waals surface area contributed by atoms with Crippen LogP contribution >= 0.6 is 11.3 Å². The van der Waals surface area contributed by atoms with E-state index in [1.807, 2.05) is 0 Å². The number of aromatic nitrogens is 2. The van der Waals surface area contributed by atoms with Crippen molar-refractivity contribution in [1.82, 2.24) is 9.55 Å². The number of imidazole rings is 1. The fourth-order valence-corrected chi connectivity index (χ4v) is 5.36. The highest BCUT2D eigenvalue weighted by atomic mass is 32.2. The van der Waals surface area contributed by atoms with E-state index in [4.69, 9.17) is 19.4 Å². The molecule has 4 aromatic rings. The number of primary amides is 1. The van der Waals surface area contributed by atoms with Gasteiger partial charge in [0.2, 0.25) is 0 Å². The molecule has 2 heterocycles. The molecule has 2 N–H and O–H groups in total. The predicted molar refractivity (Wildman–Crippen MR) is 120 cm³/mol. The lowest BCUT2D eigenvalue weighted by atomic mass is 10.2. The number of hydrogen-bond donors (Lipinski definition) is 1. The van der Waals surface area contributed by atoms with E-state index >= 15 is 0 Å². The Bertz CT molecular complexity index is 1440. The van der Waals surface area contributed by atoms with E-state index in [9.17, 15) is 13.2 Å². The fourth-order valence-electron chi connectivity index (χ4n) is 3.23. The molecule has 0 spiro atoms. The molecule has 0 aliphatic carbocycles. The molecule has 9 nitrogen and oxygen atoms in total. The van der Waals surface area contributed by atoms with Crippen molar-refractivity contribution >= 4 is 38.4 Å². The monoisotopic (exact) mass is 473 g/mol. The normalized spacial score (nSPS) is 11.5. The zero-order chi connectivity index (χ0) is 23.0. The number of carbonyl (C=O) groups excluding carboxylic acids is 1. The molecule has 0 atom stereocenters. The molecule has 0 saturated carbocycles. The van der Waals surface area contributed by atoms with Crippen molar-refractivity contribution < 1.29 is 26.9 Å². The maximum Gasteiger partial charge on any atom is 0.339 e. The summed E-state index contributed by atoms with van der Waals surface area (Å²) in [6.07, 6.45) is 1.54. The van der Waals surface area contributed by atoms with Gasteiger partial charge in [-0.2, -0.15) is 8.42 Å². The van der Waals surface area contributed by atoms with E-state index in [0.717, 1.165) is 11.3 Å². The highest BCUT2D eigenvalue weighted by Crippen LogP contribution is 2.37. The summed E-state index contributed by atoms with van der Waals surface area (Å²) < 4.78 is 43.4. The number of amides is 1. The van der Waals surface area contributed by atoms with Crippen LogP contribution in [0, 0.1) is 6.92 Å². The number of aryl methyl sites for hydroxylation is 1. The largest absolute Gasteiger partial charge is 0.493 e. The second-order valence-corrected chi connectivity index (χ2v) is 9.30. The van der Waals surface area contributed by atoms with Gasteiger partial charge in [-0.25, -0.2) is 4.98 Å². The van der Waals surface area contributed by atoms with Crippen molar-refractivity contribution in [2.45, 2.75) is 11.8 Å². The van der Waals surface area contributed by atoms with Crippen molar-refractivity contribution in [3.05, 3.63) is 59.2 Å². The summed E-state index contributed by atoms with van der Waals surface area (Å²) >= 11 is 0.991. The molecule has 0 aliphatic heterocycles. The third-order valence-electron chi connectivity index (χ3n) is 4.76. The first-order valence-electron chi connectivity index (χ1n) is 9.28. The molecule has 1 amide bonds. The number of thiophene rings is 1. The summed E-state index contributed by atoms with van der Waals surface area (Å²) in [5, 5.41) is 0.489. The quantitative estimate of drug-likeness (QED) is 0.409. The number of ether oxygens (including phenoxy) is 2. The van der Waals surface area contributed by atoms with E-state index in [-0.39, 0.29) is 15.5 Å². The lowest BCUT2D eigenvalue weighted by Crippen LogP contribution is -2.15. The number of fused-ring (bicyclic) bond motifs is 1. The lowest BCUT2D eigenvalue weighted by molar-refractivity contribution is 0.100. The topological polar surface area (TPSA) is 123 Å². The highest BCUT2D eigenvalue weighted by Gasteiger charge is 2.25. The van der Waals surface area contributed by atoms with Gasteiger partial charge in [0, 0.05) is 18.2 Å². The molecule has 0 radical (unpaired) electrons. The molecule has 0 aliphatic rings. The van der Waals surface area contributed by atoms with Crippen LogP contribution in [0.5, 0.6) is 17.2 Å². The molecule has 4 rings (SSSR count). The molecular weight excluding hydrogens is 454 g/mol. The maximum absolute atomic E-state index is 12.8. The Morgan fingerprint density at radius 1 is 1.06 bits per heavy atom. The molecule has 2 aromatic heterocycles. The summed E-state index contributed by atoms with van der Waals surface area (Å²) in [6, 6.07) is 11.3. The van der Waals surface area contributed by atoms with E-state index in [1.165, 1.54) is 26.4 Å². The van der Waals surface area contributed by atoms with E-state index in [1.54, 1.807) is 48.1 Å². The van der Waals surface area contributed by atoms with Crippen LogP contribution in [0.25, 0.3) is 16.0 Å². The Morgan fingerprint density at radius 2 is 1.75 bits per heavy atom. The molecule has 0 fully saturated rings. The summed E-state index contributed by atoms with van der Waals surface area (Å²) in [5.74, 6) is 0.0534. The smallest absolute Gasteiger partial charge is 0.339 e. The summed E-state index contributed by atoms with van der Waals surface area (Å²) in [6.45, 7) is 1.66. The fraction of sp³-hybridized carbons (Fsp3) is 0.143.